The number of hydrogen-bond donors (Lipinski definition) is 1. The minimum atomic E-state index is -0.532. The molecular formula is C14H15F2NS. The number of likely N-dealkylation sites (N-methyl/N-ethyl adjacent to an activating group) is 1. The lowest BCUT2D eigenvalue weighted by atomic mass is 10.0. The summed E-state index contributed by atoms with van der Waals surface area (Å²) in [5.41, 5.74) is 0.548. The summed E-state index contributed by atoms with van der Waals surface area (Å²) in [6.07, 6.45) is 1.41. The van der Waals surface area contributed by atoms with Crippen LogP contribution in [0.2, 0.25) is 0 Å². The van der Waals surface area contributed by atoms with E-state index < -0.39 is 11.6 Å². The molecule has 18 heavy (non-hydrogen) atoms. The van der Waals surface area contributed by atoms with Gasteiger partial charge < -0.3 is 5.32 Å². The minimum absolute atomic E-state index is 0.156. The van der Waals surface area contributed by atoms with Gasteiger partial charge in [-0.25, -0.2) is 8.78 Å². The van der Waals surface area contributed by atoms with Gasteiger partial charge in [-0.1, -0.05) is 12.1 Å². The second-order valence-electron chi connectivity index (χ2n) is 4.21. The van der Waals surface area contributed by atoms with Crippen LogP contribution in [-0.4, -0.2) is 13.1 Å². The number of halogens is 2. The highest BCUT2D eigenvalue weighted by Crippen LogP contribution is 2.16. The van der Waals surface area contributed by atoms with Gasteiger partial charge in [-0.05, 0) is 43.0 Å². The van der Waals surface area contributed by atoms with Crippen LogP contribution in [0.25, 0.3) is 0 Å². The normalized spacial score (nSPS) is 12.6. The van der Waals surface area contributed by atoms with E-state index in [0.717, 1.165) is 12.5 Å². The first-order valence-corrected chi connectivity index (χ1v) is 6.70. The van der Waals surface area contributed by atoms with Crippen LogP contribution in [0.15, 0.2) is 35.7 Å². The van der Waals surface area contributed by atoms with Crippen LogP contribution >= 0.6 is 11.3 Å². The second kappa shape index (κ2) is 6.07. The minimum Gasteiger partial charge on any atom is -0.316 e. The lowest BCUT2D eigenvalue weighted by Crippen LogP contribution is -2.30. The van der Waals surface area contributed by atoms with Crippen molar-refractivity contribution in [2.45, 2.75) is 18.9 Å². The smallest absolute Gasteiger partial charge is 0.129 e. The predicted molar refractivity (Wildman–Crippen MR) is 70.9 cm³/mol. The maximum Gasteiger partial charge on any atom is 0.129 e. The Morgan fingerprint density at radius 3 is 2.67 bits per heavy atom. The third-order valence-electron chi connectivity index (χ3n) is 2.92. The Bertz CT molecular complexity index is 497. The molecule has 0 aliphatic rings. The average molecular weight is 267 g/mol. The quantitative estimate of drug-likeness (QED) is 0.875. The predicted octanol–water partition coefficient (Wildman–Crippen LogP) is 3.40. The second-order valence-corrected chi connectivity index (χ2v) is 5.24. The largest absolute Gasteiger partial charge is 0.316 e. The van der Waals surface area contributed by atoms with Gasteiger partial charge in [0.2, 0.25) is 0 Å². The molecule has 2 aromatic rings. The summed E-state index contributed by atoms with van der Waals surface area (Å²) >= 11 is 1.69. The molecule has 0 aliphatic carbocycles. The van der Waals surface area contributed by atoms with Crippen LogP contribution in [0, 0.1) is 11.6 Å². The SMILES string of the molecule is CNC(Cc1cccs1)Cc1ccc(F)cc1F. The van der Waals surface area contributed by atoms with E-state index in [1.165, 1.54) is 17.0 Å². The van der Waals surface area contributed by atoms with E-state index in [1.807, 2.05) is 18.5 Å². The Hall–Kier alpha value is -1.26. The van der Waals surface area contributed by atoms with E-state index in [2.05, 4.69) is 11.4 Å². The zero-order chi connectivity index (χ0) is 13.0. The van der Waals surface area contributed by atoms with Gasteiger partial charge in [-0.2, -0.15) is 0 Å². The molecule has 1 N–H and O–H groups in total. The number of rotatable bonds is 5. The number of hydrogen-bond acceptors (Lipinski definition) is 2. The number of benzene rings is 1. The Labute approximate surface area is 109 Å². The van der Waals surface area contributed by atoms with Crippen LogP contribution in [0.4, 0.5) is 8.78 Å². The van der Waals surface area contributed by atoms with Crippen molar-refractivity contribution in [3.63, 3.8) is 0 Å². The summed E-state index contributed by atoms with van der Waals surface area (Å²) in [5, 5.41) is 5.21. The lowest BCUT2D eigenvalue weighted by molar-refractivity contribution is 0.526. The maximum atomic E-state index is 13.6. The summed E-state index contributed by atoms with van der Waals surface area (Å²) in [6, 6.07) is 7.98. The highest BCUT2D eigenvalue weighted by Gasteiger charge is 2.12. The molecule has 1 atom stereocenters. The van der Waals surface area contributed by atoms with E-state index >= 15 is 0 Å². The van der Waals surface area contributed by atoms with E-state index in [1.54, 1.807) is 11.3 Å². The van der Waals surface area contributed by atoms with Crippen LogP contribution in [0.3, 0.4) is 0 Å². The molecule has 0 fully saturated rings. The van der Waals surface area contributed by atoms with Gasteiger partial charge in [0, 0.05) is 17.0 Å². The molecule has 1 aromatic heterocycles. The zero-order valence-electron chi connectivity index (χ0n) is 10.1. The monoisotopic (exact) mass is 267 g/mol. The van der Waals surface area contributed by atoms with Crippen molar-refractivity contribution < 1.29 is 8.78 Å². The van der Waals surface area contributed by atoms with Gasteiger partial charge in [0.25, 0.3) is 0 Å². The lowest BCUT2D eigenvalue weighted by Gasteiger charge is -2.15. The van der Waals surface area contributed by atoms with Crippen molar-refractivity contribution in [2.75, 3.05) is 7.05 Å². The van der Waals surface area contributed by atoms with Crippen molar-refractivity contribution in [3.8, 4) is 0 Å². The Morgan fingerprint density at radius 1 is 1.22 bits per heavy atom. The first kappa shape index (κ1) is 13.2. The van der Waals surface area contributed by atoms with Gasteiger partial charge in [0.05, 0.1) is 0 Å². The molecule has 1 nitrogen and oxygen atoms in total. The molecule has 0 saturated carbocycles. The average Bonchev–Trinajstić information content (AvgIpc) is 2.84. The fraction of sp³-hybridized carbons (Fsp3) is 0.286. The van der Waals surface area contributed by atoms with Crippen molar-refractivity contribution in [3.05, 3.63) is 57.8 Å². The fourth-order valence-corrected chi connectivity index (χ4v) is 2.69. The van der Waals surface area contributed by atoms with Crippen molar-refractivity contribution in [1.29, 1.82) is 0 Å². The van der Waals surface area contributed by atoms with Gasteiger partial charge >= 0.3 is 0 Å². The Morgan fingerprint density at radius 2 is 2.06 bits per heavy atom. The van der Waals surface area contributed by atoms with E-state index in [0.29, 0.717) is 12.0 Å². The third kappa shape index (κ3) is 3.37. The van der Waals surface area contributed by atoms with Gasteiger partial charge in [-0.3, -0.25) is 0 Å². The van der Waals surface area contributed by atoms with Crippen molar-refractivity contribution in [1.82, 2.24) is 5.32 Å². The molecule has 2 rings (SSSR count). The van der Waals surface area contributed by atoms with Gasteiger partial charge in [0.15, 0.2) is 0 Å². The molecule has 0 saturated heterocycles. The van der Waals surface area contributed by atoms with Crippen molar-refractivity contribution >= 4 is 11.3 Å². The molecule has 1 heterocycles. The van der Waals surface area contributed by atoms with Gasteiger partial charge in [0.1, 0.15) is 11.6 Å². The molecule has 0 spiro atoms. The molecule has 1 aromatic carbocycles. The Balaban J connectivity index is 2.05. The molecule has 0 amide bonds. The number of nitrogens with one attached hydrogen (secondary N) is 1. The van der Waals surface area contributed by atoms with Crippen LogP contribution in [-0.2, 0) is 12.8 Å². The molecule has 4 heteroatoms. The zero-order valence-corrected chi connectivity index (χ0v) is 10.9. The molecular weight excluding hydrogens is 252 g/mol. The van der Waals surface area contributed by atoms with Crippen LogP contribution < -0.4 is 5.32 Å². The summed E-state index contributed by atoms with van der Waals surface area (Å²) < 4.78 is 26.4. The molecule has 0 bridgehead atoms. The standard InChI is InChI=1S/C14H15F2NS/c1-17-12(9-13-3-2-6-18-13)7-10-4-5-11(15)8-14(10)16/h2-6,8,12,17H,7,9H2,1H3. The maximum absolute atomic E-state index is 13.6. The summed E-state index contributed by atoms with van der Waals surface area (Å²) in [7, 11) is 1.86. The molecule has 0 radical (unpaired) electrons. The number of thiophene rings is 1. The Kier molecular flexibility index (Phi) is 4.44. The highest BCUT2D eigenvalue weighted by atomic mass is 32.1. The first-order valence-electron chi connectivity index (χ1n) is 5.82. The van der Waals surface area contributed by atoms with Gasteiger partial charge in [-0.15, -0.1) is 11.3 Å². The summed E-state index contributed by atoms with van der Waals surface area (Å²) in [5.74, 6) is -1.00. The van der Waals surface area contributed by atoms with E-state index in [9.17, 15) is 8.78 Å². The van der Waals surface area contributed by atoms with Crippen LogP contribution in [0.1, 0.15) is 10.4 Å². The third-order valence-corrected chi connectivity index (χ3v) is 3.82. The topological polar surface area (TPSA) is 12.0 Å². The first-order chi connectivity index (χ1) is 8.69. The van der Waals surface area contributed by atoms with E-state index in [4.69, 9.17) is 0 Å². The van der Waals surface area contributed by atoms with Crippen molar-refractivity contribution in [2.24, 2.45) is 0 Å². The molecule has 0 aliphatic heterocycles. The summed E-state index contributed by atoms with van der Waals surface area (Å²) in [6.45, 7) is 0. The highest BCUT2D eigenvalue weighted by molar-refractivity contribution is 7.09. The van der Waals surface area contributed by atoms with E-state index in [-0.39, 0.29) is 6.04 Å². The van der Waals surface area contributed by atoms with Crippen LogP contribution in [0.5, 0.6) is 0 Å². The summed E-state index contributed by atoms with van der Waals surface area (Å²) in [4.78, 5) is 1.26. The molecule has 96 valence electrons. The fourth-order valence-electron chi connectivity index (χ4n) is 1.90. The molecule has 1 unspecified atom stereocenters.